The van der Waals surface area contributed by atoms with Crippen LogP contribution < -0.4 is 0 Å². The van der Waals surface area contributed by atoms with Crippen LogP contribution in [0.1, 0.15) is 38.2 Å². The average molecular weight is 256 g/mol. The molecule has 0 aliphatic carbocycles. The highest BCUT2D eigenvalue weighted by Crippen LogP contribution is 2.20. The number of hydrogen-bond donors (Lipinski definition) is 0. The highest BCUT2D eigenvalue weighted by Gasteiger charge is 2.21. The van der Waals surface area contributed by atoms with Gasteiger partial charge in [-0.25, -0.2) is 4.68 Å². The fourth-order valence-electron chi connectivity index (χ4n) is 1.24. The van der Waals surface area contributed by atoms with Gasteiger partial charge in [-0.3, -0.25) is 0 Å². The predicted octanol–water partition coefficient (Wildman–Crippen LogP) is 1.75. The minimum atomic E-state index is -0.144. The lowest BCUT2D eigenvalue weighted by Gasteiger charge is -2.10. The number of rotatable bonds is 3. The largest absolute Gasteiger partial charge is 0.423 e. The first-order valence-electron chi connectivity index (χ1n) is 5.27. The lowest BCUT2D eigenvalue weighted by molar-refractivity contribution is 0.362. The molecule has 0 aromatic carbocycles. The second-order valence-electron chi connectivity index (χ2n) is 4.79. The van der Waals surface area contributed by atoms with E-state index in [9.17, 15) is 0 Å². The number of aromatic nitrogens is 5. The third kappa shape index (κ3) is 2.82. The highest BCUT2D eigenvalue weighted by atomic mass is 35.5. The molecule has 2 rings (SSSR count). The molecule has 0 N–H and O–H groups in total. The van der Waals surface area contributed by atoms with Gasteiger partial charge in [0.15, 0.2) is 0 Å². The molecule has 0 atom stereocenters. The molecule has 17 heavy (non-hydrogen) atoms. The summed E-state index contributed by atoms with van der Waals surface area (Å²) in [6.07, 6.45) is 1.76. The normalized spacial score (nSPS) is 12.0. The van der Waals surface area contributed by atoms with Crippen LogP contribution in [0.5, 0.6) is 0 Å². The van der Waals surface area contributed by atoms with Gasteiger partial charge in [0.1, 0.15) is 6.54 Å². The lowest BCUT2D eigenvalue weighted by atomic mass is 9.97. The van der Waals surface area contributed by atoms with Crippen molar-refractivity contribution in [3.05, 3.63) is 23.7 Å². The zero-order valence-electron chi connectivity index (χ0n) is 10.0. The molecule has 6 nitrogen and oxygen atoms in total. The molecule has 0 unspecified atom stereocenters. The van der Waals surface area contributed by atoms with Crippen molar-refractivity contribution in [3.8, 4) is 0 Å². The molecule has 2 aromatic heterocycles. The first-order chi connectivity index (χ1) is 7.99. The Hall–Kier alpha value is -1.43. The molecule has 92 valence electrons. The van der Waals surface area contributed by atoms with Crippen molar-refractivity contribution in [3.63, 3.8) is 0 Å². The smallest absolute Gasteiger partial charge is 0.238 e. The summed E-state index contributed by atoms with van der Waals surface area (Å²) in [5.74, 6) is 1.47. The van der Waals surface area contributed by atoms with Crippen LogP contribution in [0.15, 0.2) is 10.6 Å². The minimum Gasteiger partial charge on any atom is -0.423 e. The molecule has 0 aliphatic heterocycles. The van der Waals surface area contributed by atoms with E-state index in [1.54, 1.807) is 10.9 Å². The van der Waals surface area contributed by atoms with Crippen molar-refractivity contribution < 1.29 is 4.42 Å². The molecular weight excluding hydrogens is 242 g/mol. The standard InChI is InChI=1S/C10H14ClN5O/c1-10(2,3)9-14-13-8(17-9)6-16-5-7(4-11)12-15-16/h5H,4,6H2,1-3H3. The van der Waals surface area contributed by atoms with Crippen molar-refractivity contribution in [2.24, 2.45) is 0 Å². The average Bonchev–Trinajstić information content (AvgIpc) is 2.86. The SMILES string of the molecule is CC(C)(C)c1nnc(Cn2cc(CCl)nn2)o1. The van der Waals surface area contributed by atoms with Crippen LogP contribution in [0.2, 0.25) is 0 Å². The Morgan fingerprint density at radius 1 is 1.29 bits per heavy atom. The third-order valence-electron chi connectivity index (χ3n) is 2.13. The van der Waals surface area contributed by atoms with E-state index in [-0.39, 0.29) is 5.41 Å². The van der Waals surface area contributed by atoms with Crippen LogP contribution in [0.4, 0.5) is 0 Å². The maximum atomic E-state index is 5.64. The molecule has 2 aromatic rings. The quantitative estimate of drug-likeness (QED) is 0.782. The maximum absolute atomic E-state index is 5.64. The fourth-order valence-corrected chi connectivity index (χ4v) is 1.36. The monoisotopic (exact) mass is 255 g/mol. The van der Waals surface area contributed by atoms with Gasteiger partial charge in [-0.15, -0.1) is 26.9 Å². The van der Waals surface area contributed by atoms with E-state index in [0.29, 0.717) is 24.2 Å². The molecule has 0 fully saturated rings. The van der Waals surface area contributed by atoms with Gasteiger partial charge < -0.3 is 4.42 Å². The zero-order valence-corrected chi connectivity index (χ0v) is 10.8. The van der Waals surface area contributed by atoms with Crippen molar-refractivity contribution in [2.45, 2.75) is 38.6 Å². The van der Waals surface area contributed by atoms with Crippen molar-refractivity contribution >= 4 is 11.6 Å². The number of halogens is 1. The summed E-state index contributed by atoms with van der Waals surface area (Å²) in [5.41, 5.74) is 0.580. The maximum Gasteiger partial charge on any atom is 0.238 e. The minimum absolute atomic E-state index is 0.144. The summed E-state index contributed by atoms with van der Waals surface area (Å²) in [6, 6.07) is 0. The van der Waals surface area contributed by atoms with Crippen LogP contribution >= 0.6 is 11.6 Å². The zero-order chi connectivity index (χ0) is 12.5. The molecule has 0 radical (unpaired) electrons. The van der Waals surface area contributed by atoms with Gasteiger partial charge in [0.05, 0.1) is 17.8 Å². The lowest BCUT2D eigenvalue weighted by Crippen LogP contribution is -2.11. The van der Waals surface area contributed by atoms with E-state index >= 15 is 0 Å². The number of alkyl halides is 1. The van der Waals surface area contributed by atoms with E-state index in [1.165, 1.54) is 0 Å². The highest BCUT2D eigenvalue weighted by molar-refractivity contribution is 6.16. The van der Waals surface area contributed by atoms with Gasteiger partial charge in [-0.05, 0) is 0 Å². The summed E-state index contributed by atoms with van der Waals surface area (Å²) in [6.45, 7) is 6.47. The molecule has 0 saturated heterocycles. The Bertz CT molecular complexity index is 499. The van der Waals surface area contributed by atoms with Crippen LogP contribution in [0.25, 0.3) is 0 Å². The molecule has 0 spiro atoms. The van der Waals surface area contributed by atoms with Crippen LogP contribution in [0, 0.1) is 0 Å². The Labute approximate surface area is 104 Å². The summed E-state index contributed by atoms with van der Waals surface area (Å²) >= 11 is 5.64. The molecule has 0 bridgehead atoms. The Balaban J connectivity index is 2.11. The fraction of sp³-hybridized carbons (Fsp3) is 0.600. The second kappa shape index (κ2) is 4.44. The van der Waals surface area contributed by atoms with E-state index in [1.807, 2.05) is 20.8 Å². The van der Waals surface area contributed by atoms with E-state index in [4.69, 9.17) is 16.0 Å². The Kier molecular flexibility index (Phi) is 3.15. The second-order valence-corrected chi connectivity index (χ2v) is 5.06. The first-order valence-corrected chi connectivity index (χ1v) is 5.80. The van der Waals surface area contributed by atoms with E-state index in [0.717, 1.165) is 5.69 Å². The Morgan fingerprint density at radius 2 is 2.06 bits per heavy atom. The van der Waals surface area contributed by atoms with Gasteiger partial charge in [-0.1, -0.05) is 26.0 Å². The molecule has 0 aliphatic rings. The van der Waals surface area contributed by atoms with Crippen molar-refractivity contribution in [1.29, 1.82) is 0 Å². The number of hydrogen-bond acceptors (Lipinski definition) is 5. The van der Waals surface area contributed by atoms with Gasteiger partial charge in [0.25, 0.3) is 0 Å². The van der Waals surface area contributed by atoms with Crippen LogP contribution in [-0.4, -0.2) is 25.2 Å². The molecule has 0 saturated carbocycles. The van der Waals surface area contributed by atoms with E-state index in [2.05, 4.69) is 20.5 Å². The van der Waals surface area contributed by atoms with Crippen molar-refractivity contribution in [1.82, 2.24) is 25.2 Å². The first kappa shape index (κ1) is 12.0. The van der Waals surface area contributed by atoms with Gasteiger partial charge >= 0.3 is 0 Å². The summed E-state index contributed by atoms with van der Waals surface area (Å²) in [7, 11) is 0. The third-order valence-corrected chi connectivity index (χ3v) is 2.40. The molecule has 0 amide bonds. The van der Waals surface area contributed by atoms with Gasteiger partial charge in [-0.2, -0.15) is 0 Å². The molecule has 2 heterocycles. The summed E-state index contributed by atoms with van der Waals surface area (Å²) < 4.78 is 7.17. The summed E-state index contributed by atoms with van der Waals surface area (Å²) in [4.78, 5) is 0. The summed E-state index contributed by atoms with van der Waals surface area (Å²) in [5, 5.41) is 15.8. The van der Waals surface area contributed by atoms with Crippen LogP contribution in [-0.2, 0) is 17.8 Å². The van der Waals surface area contributed by atoms with E-state index < -0.39 is 0 Å². The van der Waals surface area contributed by atoms with Gasteiger partial charge in [0, 0.05) is 5.41 Å². The van der Waals surface area contributed by atoms with Crippen molar-refractivity contribution in [2.75, 3.05) is 0 Å². The van der Waals surface area contributed by atoms with Crippen LogP contribution in [0.3, 0.4) is 0 Å². The molecule has 7 heteroatoms. The van der Waals surface area contributed by atoms with Gasteiger partial charge in [0.2, 0.25) is 11.8 Å². The molecular formula is C10H14ClN5O. The predicted molar refractivity (Wildman–Crippen MR) is 61.7 cm³/mol. The Morgan fingerprint density at radius 3 is 2.59 bits per heavy atom. The number of nitrogens with zero attached hydrogens (tertiary/aromatic N) is 5. The topological polar surface area (TPSA) is 69.6 Å².